The molecule has 1 heterocycles. The number of fused-ring (bicyclic) bond motifs is 1. The smallest absolute Gasteiger partial charge is 0.325 e. The Balaban J connectivity index is 2.39. The van der Waals surface area contributed by atoms with E-state index >= 15 is 0 Å². The molecule has 0 spiro atoms. The van der Waals surface area contributed by atoms with Crippen LogP contribution >= 0.6 is 11.8 Å². The molecule has 9 heteroatoms. The van der Waals surface area contributed by atoms with Crippen molar-refractivity contribution in [3.8, 4) is 6.07 Å². The number of carbonyl (C=O) groups excluding carboxylic acids is 2. The zero-order valence-electron chi connectivity index (χ0n) is 15.3. The highest BCUT2D eigenvalue weighted by Crippen LogP contribution is 2.23. The summed E-state index contributed by atoms with van der Waals surface area (Å²) in [7, 11) is 2.86. The molecule has 0 bridgehead atoms. The van der Waals surface area contributed by atoms with Crippen LogP contribution < -0.4 is 5.56 Å². The number of nitrogens with zero attached hydrogens (tertiary/aromatic N) is 4. The Bertz CT molecular complexity index is 951. The van der Waals surface area contributed by atoms with Crippen LogP contribution in [0.3, 0.4) is 0 Å². The van der Waals surface area contributed by atoms with Crippen molar-refractivity contribution in [2.75, 3.05) is 20.7 Å². The molecule has 8 nitrogen and oxygen atoms in total. The number of methoxy groups -OCH3 is 1. The fraction of sp³-hybridized carbons (Fsp3) is 0.389. The molecule has 0 aliphatic rings. The third-order valence-electron chi connectivity index (χ3n) is 3.91. The Morgan fingerprint density at radius 3 is 2.78 bits per heavy atom. The van der Waals surface area contributed by atoms with Crippen molar-refractivity contribution in [1.29, 1.82) is 5.26 Å². The molecule has 0 fully saturated rings. The van der Waals surface area contributed by atoms with E-state index < -0.39 is 11.2 Å². The van der Waals surface area contributed by atoms with E-state index in [4.69, 9.17) is 5.26 Å². The number of para-hydroxylation sites is 1. The Kier molecular flexibility index (Phi) is 6.96. The molecule has 0 saturated carbocycles. The number of aromatic nitrogens is 2. The monoisotopic (exact) mass is 388 g/mol. The molecule has 0 aliphatic heterocycles. The van der Waals surface area contributed by atoms with E-state index in [0.29, 0.717) is 17.4 Å². The number of ether oxygens (including phenoxy) is 1. The highest BCUT2D eigenvalue weighted by molar-refractivity contribution is 8.00. The molecule has 1 aromatic heterocycles. The van der Waals surface area contributed by atoms with Gasteiger partial charge in [-0.15, -0.1) is 0 Å². The minimum absolute atomic E-state index is 0.192. The molecule has 0 aliphatic carbocycles. The number of benzene rings is 1. The average molecular weight is 388 g/mol. The summed E-state index contributed by atoms with van der Waals surface area (Å²) < 4.78 is 5.89. The van der Waals surface area contributed by atoms with Crippen molar-refractivity contribution in [1.82, 2.24) is 14.5 Å². The Hall–Kier alpha value is -2.86. The number of rotatable bonds is 7. The summed E-state index contributed by atoms with van der Waals surface area (Å²) >= 11 is 1.09. The summed E-state index contributed by atoms with van der Waals surface area (Å²) in [5, 5.41) is 8.76. The lowest BCUT2D eigenvalue weighted by Crippen LogP contribution is -2.35. The van der Waals surface area contributed by atoms with Crippen molar-refractivity contribution < 1.29 is 14.3 Å². The number of carbonyl (C=O) groups is 2. The van der Waals surface area contributed by atoms with Gasteiger partial charge >= 0.3 is 5.97 Å². The maximum Gasteiger partial charge on any atom is 0.325 e. The standard InChI is InChI=1S/C18H20N4O4S/c1-12(16(24)21(2)10-6-9-19)27-18-20-14-8-5-4-7-13(14)17(25)22(18)11-15(23)26-3/h4-5,7-8,12H,6,10-11H2,1-3H3/t12-/m1/s1. The molecule has 0 unspecified atom stereocenters. The fourth-order valence-corrected chi connectivity index (χ4v) is 3.44. The first-order valence-corrected chi connectivity index (χ1v) is 9.12. The summed E-state index contributed by atoms with van der Waals surface area (Å²) in [6, 6.07) is 8.82. The Morgan fingerprint density at radius 2 is 2.11 bits per heavy atom. The molecule has 2 rings (SSSR count). The Morgan fingerprint density at radius 1 is 1.41 bits per heavy atom. The van der Waals surface area contributed by atoms with Gasteiger partial charge in [-0.25, -0.2) is 4.98 Å². The lowest BCUT2D eigenvalue weighted by atomic mass is 10.2. The van der Waals surface area contributed by atoms with Gasteiger partial charge in [0.2, 0.25) is 5.91 Å². The number of amides is 1. The van der Waals surface area contributed by atoms with Crippen molar-refractivity contribution >= 4 is 34.5 Å². The summed E-state index contributed by atoms with van der Waals surface area (Å²) in [6.45, 7) is 1.72. The molecule has 1 amide bonds. The van der Waals surface area contributed by atoms with E-state index in [0.717, 1.165) is 11.8 Å². The summed E-state index contributed by atoms with van der Waals surface area (Å²) in [5.41, 5.74) is 0.120. The molecule has 2 aromatic rings. The van der Waals surface area contributed by atoms with Crippen LogP contribution in [0.15, 0.2) is 34.2 Å². The van der Waals surface area contributed by atoms with Crippen molar-refractivity contribution in [2.45, 2.75) is 30.3 Å². The van der Waals surface area contributed by atoms with E-state index in [9.17, 15) is 14.4 Å². The van der Waals surface area contributed by atoms with Gasteiger partial charge in [0.25, 0.3) is 5.56 Å². The van der Waals surface area contributed by atoms with Gasteiger partial charge in [-0.2, -0.15) is 5.26 Å². The second-order valence-corrected chi connectivity index (χ2v) is 7.11. The van der Waals surface area contributed by atoms with Gasteiger partial charge in [0, 0.05) is 13.6 Å². The number of hydrogen-bond acceptors (Lipinski definition) is 7. The highest BCUT2D eigenvalue weighted by Gasteiger charge is 2.22. The predicted molar refractivity (Wildman–Crippen MR) is 101 cm³/mol. The molecular formula is C18H20N4O4S. The third-order valence-corrected chi connectivity index (χ3v) is 4.98. The van der Waals surface area contributed by atoms with Crippen LogP contribution in [0, 0.1) is 11.3 Å². The minimum Gasteiger partial charge on any atom is -0.468 e. The van der Waals surface area contributed by atoms with Gasteiger partial charge in [0.1, 0.15) is 6.54 Å². The van der Waals surface area contributed by atoms with Crippen LogP contribution in [0.1, 0.15) is 13.3 Å². The fourth-order valence-electron chi connectivity index (χ4n) is 2.42. The minimum atomic E-state index is -0.582. The van der Waals surface area contributed by atoms with E-state index in [1.54, 1.807) is 38.2 Å². The molecule has 142 valence electrons. The van der Waals surface area contributed by atoms with Gasteiger partial charge in [-0.3, -0.25) is 19.0 Å². The van der Waals surface area contributed by atoms with Crippen molar-refractivity contribution in [3.05, 3.63) is 34.6 Å². The third kappa shape index (κ3) is 4.86. The summed E-state index contributed by atoms with van der Waals surface area (Å²) in [4.78, 5) is 42.9. The zero-order valence-corrected chi connectivity index (χ0v) is 16.2. The van der Waals surface area contributed by atoms with Crippen LogP contribution in [0.2, 0.25) is 0 Å². The van der Waals surface area contributed by atoms with Crippen molar-refractivity contribution in [2.24, 2.45) is 0 Å². The largest absolute Gasteiger partial charge is 0.468 e. The van der Waals surface area contributed by atoms with Crippen molar-refractivity contribution in [3.63, 3.8) is 0 Å². The van der Waals surface area contributed by atoms with Crippen LogP contribution in [-0.2, 0) is 20.9 Å². The number of nitriles is 1. The maximum atomic E-state index is 12.8. The van der Waals surface area contributed by atoms with Gasteiger partial charge in [-0.05, 0) is 19.1 Å². The quantitative estimate of drug-likeness (QED) is 0.401. The van der Waals surface area contributed by atoms with E-state index in [-0.39, 0.29) is 29.6 Å². The normalized spacial score (nSPS) is 11.6. The van der Waals surface area contributed by atoms with Gasteiger partial charge < -0.3 is 9.64 Å². The number of esters is 1. The van der Waals surface area contributed by atoms with Gasteiger partial charge in [-0.1, -0.05) is 23.9 Å². The first kappa shape index (κ1) is 20.5. The lowest BCUT2D eigenvalue weighted by molar-refractivity contribution is -0.141. The highest BCUT2D eigenvalue weighted by atomic mass is 32.2. The van der Waals surface area contributed by atoms with E-state index in [1.165, 1.54) is 16.6 Å². The van der Waals surface area contributed by atoms with Gasteiger partial charge in [0.05, 0.1) is 35.8 Å². The molecule has 1 atom stereocenters. The molecule has 1 aromatic carbocycles. The van der Waals surface area contributed by atoms with Crippen LogP contribution in [0.5, 0.6) is 0 Å². The molecule has 0 radical (unpaired) electrons. The molecular weight excluding hydrogens is 368 g/mol. The number of thioether (sulfide) groups is 1. The first-order valence-electron chi connectivity index (χ1n) is 8.24. The first-order chi connectivity index (χ1) is 12.9. The summed E-state index contributed by atoms with van der Waals surface area (Å²) in [5.74, 6) is -0.775. The average Bonchev–Trinajstić information content (AvgIpc) is 2.68. The maximum absolute atomic E-state index is 12.8. The van der Waals surface area contributed by atoms with Crippen LogP contribution in [-0.4, -0.2) is 52.3 Å². The predicted octanol–water partition coefficient (Wildman–Crippen LogP) is 1.42. The summed E-state index contributed by atoms with van der Waals surface area (Å²) in [6.07, 6.45) is 0.237. The second kappa shape index (κ2) is 9.19. The number of hydrogen-bond donors (Lipinski definition) is 0. The Labute approximate surface area is 160 Å². The SMILES string of the molecule is COC(=O)Cn1c(S[C@H](C)C(=O)N(C)CCC#N)nc2ccccc2c1=O. The van der Waals surface area contributed by atoms with Crippen LogP contribution in [0.25, 0.3) is 10.9 Å². The second-order valence-electron chi connectivity index (χ2n) is 5.81. The van der Waals surface area contributed by atoms with Gasteiger partial charge in [0.15, 0.2) is 5.16 Å². The van der Waals surface area contributed by atoms with E-state index in [1.807, 2.05) is 6.07 Å². The molecule has 0 saturated heterocycles. The molecule has 27 heavy (non-hydrogen) atoms. The topological polar surface area (TPSA) is 105 Å². The van der Waals surface area contributed by atoms with E-state index in [2.05, 4.69) is 9.72 Å². The van der Waals surface area contributed by atoms with Crippen LogP contribution in [0.4, 0.5) is 0 Å². The molecule has 0 N–H and O–H groups in total. The zero-order chi connectivity index (χ0) is 20.0. The lowest BCUT2D eigenvalue weighted by Gasteiger charge is -2.21.